The van der Waals surface area contributed by atoms with Crippen LogP contribution < -0.4 is 5.32 Å². The van der Waals surface area contributed by atoms with Gasteiger partial charge in [0, 0.05) is 29.4 Å². The van der Waals surface area contributed by atoms with E-state index in [1.165, 1.54) is 35.6 Å². The first-order chi connectivity index (χ1) is 14.5. The third kappa shape index (κ3) is 4.50. The van der Waals surface area contributed by atoms with Gasteiger partial charge in [0.15, 0.2) is 0 Å². The van der Waals surface area contributed by atoms with Gasteiger partial charge in [-0.3, -0.25) is 19.3 Å². The van der Waals surface area contributed by atoms with Crippen molar-refractivity contribution >= 4 is 57.6 Å². The Morgan fingerprint density at radius 1 is 1.17 bits per heavy atom. The number of imide groups is 1. The molecule has 0 unspecified atom stereocenters. The van der Waals surface area contributed by atoms with E-state index in [9.17, 15) is 18.8 Å². The van der Waals surface area contributed by atoms with E-state index >= 15 is 0 Å². The number of thioether (sulfide) groups is 1. The lowest BCUT2D eigenvalue weighted by molar-refractivity contribution is -0.122. The summed E-state index contributed by atoms with van der Waals surface area (Å²) in [7, 11) is 0. The fourth-order valence-corrected chi connectivity index (χ4v) is 5.05. The van der Waals surface area contributed by atoms with Gasteiger partial charge < -0.3 is 5.32 Å². The van der Waals surface area contributed by atoms with E-state index in [1.54, 1.807) is 22.8 Å². The first kappa shape index (κ1) is 20.5. The third-order valence-corrected chi connectivity index (χ3v) is 6.65. The van der Waals surface area contributed by atoms with Crippen molar-refractivity contribution in [3.05, 3.63) is 68.5 Å². The summed E-state index contributed by atoms with van der Waals surface area (Å²) >= 11 is 3.75. The lowest BCUT2D eigenvalue weighted by Gasteiger charge is -2.12. The molecule has 0 saturated carbocycles. The van der Waals surface area contributed by atoms with Crippen molar-refractivity contribution in [2.24, 2.45) is 0 Å². The van der Waals surface area contributed by atoms with Gasteiger partial charge in [0.1, 0.15) is 16.5 Å². The average Bonchev–Trinajstić information content (AvgIpc) is 3.47. The van der Waals surface area contributed by atoms with Crippen LogP contribution in [0.3, 0.4) is 0 Å². The van der Waals surface area contributed by atoms with Crippen LogP contribution >= 0.6 is 34.4 Å². The van der Waals surface area contributed by atoms with Crippen molar-refractivity contribution in [2.75, 3.05) is 13.1 Å². The van der Waals surface area contributed by atoms with E-state index in [2.05, 4.69) is 10.3 Å². The largest absolute Gasteiger partial charge is 0.349 e. The summed E-state index contributed by atoms with van der Waals surface area (Å²) in [5, 5.41) is 8.62. The highest BCUT2D eigenvalue weighted by atomic mass is 32.2. The number of amides is 3. The van der Waals surface area contributed by atoms with Gasteiger partial charge in [-0.1, -0.05) is 12.1 Å². The monoisotopic (exact) mass is 459 g/mol. The van der Waals surface area contributed by atoms with Crippen LogP contribution in [0.15, 0.2) is 51.4 Å². The summed E-state index contributed by atoms with van der Waals surface area (Å²) in [4.78, 5) is 42.6. The molecule has 1 aliphatic heterocycles. The molecule has 0 atom stereocenters. The van der Waals surface area contributed by atoms with Crippen molar-refractivity contribution in [3.63, 3.8) is 0 Å². The smallest absolute Gasteiger partial charge is 0.293 e. The number of carbonyl (C=O) groups excluding carboxylic acids is 3. The fraction of sp³-hybridized carbons (Fsp3) is 0.100. The van der Waals surface area contributed by atoms with Crippen LogP contribution in [0.25, 0.3) is 16.6 Å². The van der Waals surface area contributed by atoms with Crippen molar-refractivity contribution < 1.29 is 18.8 Å². The summed E-state index contributed by atoms with van der Waals surface area (Å²) in [5.41, 5.74) is 1.89. The molecule has 6 nitrogen and oxygen atoms in total. The number of thiazole rings is 1. The SMILES string of the molecule is O=C(NCCN1C(=O)S/C(=C\c2ccc(F)cc2)C1=O)c1csc(-c2ccsc2)n1. The zero-order valence-corrected chi connectivity index (χ0v) is 17.8. The molecule has 0 radical (unpaired) electrons. The maximum Gasteiger partial charge on any atom is 0.293 e. The van der Waals surface area contributed by atoms with Crippen LogP contribution in [-0.2, 0) is 4.79 Å². The van der Waals surface area contributed by atoms with Gasteiger partial charge in [0.2, 0.25) is 0 Å². The Morgan fingerprint density at radius 2 is 1.97 bits per heavy atom. The Morgan fingerprint density at radius 3 is 2.70 bits per heavy atom. The van der Waals surface area contributed by atoms with Gasteiger partial charge in [-0.05, 0) is 47.0 Å². The summed E-state index contributed by atoms with van der Waals surface area (Å²) in [5.74, 6) is -1.17. The zero-order chi connectivity index (χ0) is 21.1. The van der Waals surface area contributed by atoms with Crippen LogP contribution in [0.4, 0.5) is 9.18 Å². The Hall–Kier alpha value is -2.82. The number of thiophene rings is 1. The minimum atomic E-state index is -0.433. The molecule has 1 fully saturated rings. The van der Waals surface area contributed by atoms with Crippen LogP contribution in [0.5, 0.6) is 0 Å². The van der Waals surface area contributed by atoms with Gasteiger partial charge in [-0.2, -0.15) is 11.3 Å². The number of hydrogen-bond acceptors (Lipinski definition) is 7. The first-order valence-electron chi connectivity index (χ1n) is 8.78. The fourth-order valence-electron chi connectivity index (χ4n) is 2.67. The zero-order valence-electron chi connectivity index (χ0n) is 15.3. The predicted molar refractivity (Wildman–Crippen MR) is 117 cm³/mol. The third-order valence-electron chi connectivity index (χ3n) is 4.17. The average molecular weight is 460 g/mol. The maximum absolute atomic E-state index is 13.0. The highest BCUT2D eigenvalue weighted by Crippen LogP contribution is 2.32. The second-order valence-electron chi connectivity index (χ2n) is 6.19. The number of aromatic nitrogens is 1. The van der Waals surface area contributed by atoms with Crippen molar-refractivity contribution in [1.29, 1.82) is 0 Å². The summed E-state index contributed by atoms with van der Waals surface area (Å²) in [6, 6.07) is 7.57. The summed E-state index contributed by atoms with van der Waals surface area (Å²) in [6.45, 7) is 0.171. The van der Waals surface area contributed by atoms with Crippen LogP contribution in [0, 0.1) is 5.82 Å². The molecule has 1 N–H and O–H groups in total. The quantitative estimate of drug-likeness (QED) is 0.550. The molecular formula is C20H14FN3O3S3. The number of hydrogen-bond donors (Lipinski definition) is 1. The van der Waals surface area contributed by atoms with E-state index in [-0.39, 0.29) is 29.7 Å². The van der Waals surface area contributed by atoms with Crippen LogP contribution in [0.1, 0.15) is 16.1 Å². The second-order valence-corrected chi connectivity index (χ2v) is 8.82. The number of rotatable bonds is 6. The first-order valence-corrected chi connectivity index (χ1v) is 11.4. The minimum absolute atomic E-state index is 0.0543. The minimum Gasteiger partial charge on any atom is -0.349 e. The predicted octanol–water partition coefficient (Wildman–Crippen LogP) is 4.48. The van der Waals surface area contributed by atoms with Gasteiger partial charge in [0.25, 0.3) is 17.1 Å². The molecule has 30 heavy (non-hydrogen) atoms. The highest BCUT2D eigenvalue weighted by Gasteiger charge is 2.34. The van der Waals surface area contributed by atoms with Crippen molar-refractivity contribution in [1.82, 2.24) is 15.2 Å². The van der Waals surface area contributed by atoms with Gasteiger partial charge in [-0.25, -0.2) is 9.37 Å². The number of benzene rings is 1. The molecule has 4 rings (SSSR count). The lowest BCUT2D eigenvalue weighted by atomic mass is 10.2. The molecule has 152 valence electrons. The normalized spacial score (nSPS) is 15.2. The Labute approximate surface area is 183 Å². The molecule has 3 amide bonds. The van der Waals surface area contributed by atoms with E-state index in [1.807, 2.05) is 16.8 Å². The molecule has 1 aromatic carbocycles. The second kappa shape index (κ2) is 8.90. The van der Waals surface area contributed by atoms with E-state index in [0.29, 0.717) is 11.3 Å². The Balaban J connectivity index is 1.33. The molecule has 0 bridgehead atoms. The highest BCUT2D eigenvalue weighted by molar-refractivity contribution is 8.18. The molecule has 3 aromatic rings. The Bertz CT molecular complexity index is 1120. The maximum atomic E-state index is 13.0. The van der Waals surface area contributed by atoms with Crippen LogP contribution in [-0.4, -0.2) is 40.0 Å². The Kier molecular flexibility index (Phi) is 6.07. The molecule has 0 spiro atoms. The van der Waals surface area contributed by atoms with E-state index in [0.717, 1.165) is 27.2 Å². The standard InChI is InChI=1S/C20H14FN3O3S3/c21-14-3-1-12(2-4-14)9-16-19(26)24(20(27)30-16)7-6-22-17(25)15-11-29-18(23-15)13-5-8-28-10-13/h1-5,8-11H,6-7H2,(H,22,25)/b16-9-. The number of nitrogens with zero attached hydrogens (tertiary/aromatic N) is 2. The van der Waals surface area contributed by atoms with E-state index in [4.69, 9.17) is 0 Å². The summed E-state index contributed by atoms with van der Waals surface area (Å²) < 4.78 is 13.0. The number of carbonyl (C=O) groups is 3. The van der Waals surface area contributed by atoms with Gasteiger partial charge in [-0.15, -0.1) is 11.3 Å². The molecular weight excluding hydrogens is 445 g/mol. The van der Waals surface area contributed by atoms with Gasteiger partial charge >= 0.3 is 0 Å². The van der Waals surface area contributed by atoms with Crippen molar-refractivity contribution in [2.45, 2.75) is 0 Å². The van der Waals surface area contributed by atoms with Gasteiger partial charge in [0.05, 0.1) is 4.91 Å². The molecule has 2 aromatic heterocycles. The molecule has 0 aliphatic carbocycles. The van der Waals surface area contributed by atoms with Crippen molar-refractivity contribution in [3.8, 4) is 10.6 Å². The topological polar surface area (TPSA) is 79.4 Å². The molecule has 3 heterocycles. The van der Waals surface area contributed by atoms with Crippen LogP contribution in [0.2, 0.25) is 0 Å². The number of halogens is 1. The lowest BCUT2D eigenvalue weighted by Crippen LogP contribution is -2.37. The molecule has 1 saturated heterocycles. The molecule has 10 heteroatoms. The summed E-state index contributed by atoms with van der Waals surface area (Å²) in [6.07, 6.45) is 1.55. The van der Waals surface area contributed by atoms with E-state index < -0.39 is 11.1 Å². The molecule has 1 aliphatic rings. The number of nitrogens with one attached hydrogen (secondary N) is 1.